The Balaban J connectivity index is 1.17. The van der Waals surface area contributed by atoms with E-state index in [-0.39, 0.29) is 16.7 Å². The highest BCUT2D eigenvalue weighted by Crippen LogP contribution is 2.47. The molecule has 0 unspecified atom stereocenters. The fraction of sp³-hybridized carbons (Fsp3) is 0.500. The van der Waals surface area contributed by atoms with Crippen LogP contribution in [0.3, 0.4) is 0 Å². The number of thiazole rings is 1. The van der Waals surface area contributed by atoms with E-state index in [9.17, 15) is 4.79 Å². The van der Waals surface area contributed by atoms with Crippen LogP contribution in [0, 0.1) is 13.8 Å². The van der Waals surface area contributed by atoms with Crippen LogP contribution in [0.25, 0.3) is 16.9 Å². The molecule has 2 aliphatic rings. The summed E-state index contributed by atoms with van der Waals surface area (Å²) in [6.45, 7) is 14.6. The molecule has 1 fully saturated rings. The fourth-order valence-electron chi connectivity index (χ4n) is 6.11. The van der Waals surface area contributed by atoms with Crippen molar-refractivity contribution in [1.82, 2.24) is 29.7 Å². The van der Waals surface area contributed by atoms with Crippen LogP contribution in [0.15, 0.2) is 29.6 Å². The highest BCUT2D eigenvalue weighted by Gasteiger charge is 2.37. The second-order valence-corrected chi connectivity index (χ2v) is 13.2. The highest BCUT2D eigenvalue weighted by molar-refractivity contribution is 7.10. The predicted octanol–water partition coefficient (Wildman–Crippen LogP) is 6.23. The number of nitrogens with zero attached hydrogens (tertiary/aromatic N) is 6. The van der Waals surface area contributed by atoms with Crippen LogP contribution >= 0.6 is 11.3 Å². The van der Waals surface area contributed by atoms with Gasteiger partial charge >= 0.3 is 0 Å². The minimum absolute atomic E-state index is 0.0667. The van der Waals surface area contributed by atoms with E-state index in [1.54, 1.807) is 15.9 Å². The molecule has 1 aliphatic heterocycles. The number of carbonyl (C=O) groups excluding carboxylic acids is 1. The number of hydrogen-bond acceptors (Lipinski definition) is 6. The number of carbonyl (C=O) groups is 1. The Labute approximate surface area is 228 Å². The first-order valence-corrected chi connectivity index (χ1v) is 14.5. The number of aromatic nitrogens is 5. The first-order valence-electron chi connectivity index (χ1n) is 13.6. The molecule has 1 saturated heterocycles. The first kappa shape index (κ1) is 25.2. The third-order valence-electron chi connectivity index (χ3n) is 8.73. The highest BCUT2D eigenvalue weighted by atomic mass is 32.1. The Bertz CT molecular complexity index is 1540. The Morgan fingerprint density at radius 1 is 0.974 bits per heavy atom. The zero-order valence-electron chi connectivity index (χ0n) is 23.2. The molecule has 1 aliphatic carbocycles. The molecule has 0 bridgehead atoms. The van der Waals surface area contributed by atoms with E-state index < -0.39 is 0 Å². The van der Waals surface area contributed by atoms with Crippen molar-refractivity contribution in [2.45, 2.75) is 84.0 Å². The number of fused-ring (bicyclic) bond motifs is 2. The first-order chi connectivity index (χ1) is 18.0. The van der Waals surface area contributed by atoms with Crippen molar-refractivity contribution >= 4 is 22.9 Å². The zero-order chi connectivity index (χ0) is 26.8. The lowest BCUT2D eigenvalue weighted by Gasteiger charge is -2.42. The van der Waals surface area contributed by atoms with Gasteiger partial charge in [0.25, 0.3) is 5.91 Å². The van der Waals surface area contributed by atoms with E-state index in [1.807, 2.05) is 24.8 Å². The van der Waals surface area contributed by atoms with Gasteiger partial charge in [-0.2, -0.15) is 5.10 Å². The van der Waals surface area contributed by atoms with Crippen molar-refractivity contribution in [1.29, 1.82) is 0 Å². The molecule has 0 radical (unpaired) electrons. The smallest absolute Gasteiger partial charge is 0.276 e. The van der Waals surface area contributed by atoms with Crippen molar-refractivity contribution in [2.24, 2.45) is 0 Å². The molecular weight excluding hydrogens is 492 g/mol. The largest absolute Gasteiger partial charge is 0.337 e. The van der Waals surface area contributed by atoms with Crippen LogP contribution in [0.4, 0.5) is 0 Å². The summed E-state index contributed by atoms with van der Waals surface area (Å²) in [4.78, 5) is 20.3. The summed E-state index contributed by atoms with van der Waals surface area (Å²) in [5.74, 6) is 0.303. The van der Waals surface area contributed by atoms with Gasteiger partial charge in [-0.3, -0.25) is 4.79 Å². The van der Waals surface area contributed by atoms with Gasteiger partial charge in [0.05, 0.1) is 22.1 Å². The summed E-state index contributed by atoms with van der Waals surface area (Å²) in [5.41, 5.74) is 8.27. The van der Waals surface area contributed by atoms with Crippen LogP contribution in [-0.2, 0) is 10.8 Å². The Hall–Kier alpha value is -3.13. The van der Waals surface area contributed by atoms with Gasteiger partial charge < -0.3 is 4.90 Å². The van der Waals surface area contributed by atoms with Crippen molar-refractivity contribution in [2.75, 3.05) is 13.1 Å². The topological polar surface area (TPSA) is 76.3 Å². The Kier molecular flexibility index (Phi) is 5.94. The number of piperidine rings is 1. The van der Waals surface area contributed by atoms with Gasteiger partial charge in [-0.1, -0.05) is 39.8 Å². The number of hydrogen-bond donors (Lipinski definition) is 0. The minimum Gasteiger partial charge on any atom is -0.337 e. The predicted molar refractivity (Wildman–Crippen MR) is 151 cm³/mol. The summed E-state index contributed by atoms with van der Waals surface area (Å²) in [5, 5.41) is 16.3. The number of aryl methyl sites for hydroxylation is 2. The number of benzene rings is 1. The van der Waals surface area contributed by atoms with Gasteiger partial charge in [0.1, 0.15) is 0 Å². The molecule has 38 heavy (non-hydrogen) atoms. The van der Waals surface area contributed by atoms with Crippen molar-refractivity contribution in [3.63, 3.8) is 0 Å². The minimum atomic E-state index is -0.0667. The van der Waals surface area contributed by atoms with Crippen LogP contribution in [-0.4, -0.2) is 48.7 Å². The Morgan fingerprint density at radius 3 is 2.42 bits per heavy atom. The molecule has 0 atom stereocenters. The third kappa shape index (κ3) is 4.23. The van der Waals surface area contributed by atoms with Crippen LogP contribution in [0.1, 0.15) is 97.3 Å². The molecule has 8 heteroatoms. The molecule has 198 valence electrons. The van der Waals surface area contributed by atoms with Gasteiger partial charge in [-0.15, -0.1) is 21.5 Å². The summed E-state index contributed by atoms with van der Waals surface area (Å²) < 4.78 is 1.71. The van der Waals surface area contributed by atoms with E-state index in [0.717, 1.165) is 29.9 Å². The second kappa shape index (κ2) is 8.97. The van der Waals surface area contributed by atoms with Gasteiger partial charge in [-0.05, 0) is 67.6 Å². The summed E-state index contributed by atoms with van der Waals surface area (Å²) in [7, 11) is 0. The monoisotopic (exact) mass is 528 g/mol. The van der Waals surface area contributed by atoms with Crippen molar-refractivity contribution in [3.8, 4) is 11.3 Å². The van der Waals surface area contributed by atoms with E-state index in [0.29, 0.717) is 30.3 Å². The summed E-state index contributed by atoms with van der Waals surface area (Å²) >= 11 is 1.75. The lowest BCUT2D eigenvalue weighted by atomic mass is 9.63. The number of amides is 1. The maximum Gasteiger partial charge on any atom is 0.276 e. The van der Waals surface area contributed by atoms with Crippen LogP contribution < -0.4 is 0 Å². The molecule has 7 nitrogen and oxygen atoms in total. The van der Waals surface area contributed by atoms with Crippen molar-refractivity contribution < 1.29 is 4.79 Å². The molecule has 6 rings (SSSR count). The van der Waals surface area contributed by atoms with Gasteiger partial charge in [0.15, 0.2) is 11.3 Å². The van der Waals surface area contributed by atoms with Gasteiger partial charge in [-0.25, -0.2) is 9.50 Å². The van der Waals surface area contributed by atoms with E-state index >= 15 is 0 Å². The molecule has 3 aromatic heterocycles. The van der Waals surface area contributed by atoms with E-state index in [2.05, 4.69) is 66.6 Å². The zero-order valence-corrected chi connectivity index (χ0v) is 24.0. The number of likely N-dealkylation sites (tertiary alicyclic amines) is 1. The summed E-state index contributed by atoms with van der Waals surface area (Å²) in [6, 6.07) is 8.84. The average molecular weight is 529 g/mol. The quantitative estimate of drug-likeness (QED) is 0.315. The second-order valence-electron chi connectivity index (χ2n) is 12.4. The lowest BCUT2D eigenvalue weighted by Crippen LogP contribution is -2.39. The SMILES string of the molecule is Cc1cc2nnc(C(=O)N3CCC(c4nc(-c5ccc6c(c5)C(C)(C)CCC6(C)C)cs4)CC3)c(C)n2n1. The van der Waals surface area contributed by atoms with Crippen LogP contribution in [0.2, 0.25) is 0 Å². The molecular formula is C30H36N6OS. The molecule has 0 saturated carbocycles. The fourth-order valence-corrected chi connectivity index (χ4v) is 7.11. The summed E-state index contributed by atoms with van der Waals surface area (Å²) in [6.07, 6.45) is 4.23. The standard InChI is InChI=1S/C30H36N6OS/c1-18-15-25-32-33-26(19(2)36(25)34-18)28(37)35-13-9-20(10-14-35)27-31-24(17-38-27)21-7-8-22-23(16-21)30(5,6)12-11-29(22,3)4/h7-8,15-17,20H,9-14H2,1-6H3. The molecule has 1 amide bonds. The normalized spacial score (nSPS) is 19.1. The van der Waals surface area contributed by atoms with E-state index in [1.165, 1.54) is 34.5 Å². The molecule has 1 aromatic carbocycles. The molecule has 4 heterocycles. The van der Waals surface area contributed by atoms with Crippen LogP contribution in [0.5, 0.6) is 0 Å². The number of rotatable bonds is 3. The Morgan fingerprint density at radius 2 is 1.68 bits per heavy atom. The van der Waals surface area contributed by atoms with Crippen molar-refractivity contribution in [3.05, 3.63) is 62.9 Å². The maximum atomic E-state index is 13.3. The van der Waals surface area contributed by atoms with Gasteiger partial charge in [0.2, 0.25) is 0 Å². The lowest BCUT2D eigenvalue weighted by molar-refractivity contribution is 0.0704. The maximum absolute atomic E-state index is 13.3. The third-order valence-corrected chi connectivity index (χ3v) is 9.74. The molecule has 0 N–H and O–H groups in total. The molecule has 4 aromatic rings. The van der Waals surface area contributed by atoms with Gasteiger partial charge in [0, 0.05) is 36.0 Å². The average Bonchev–Trinajstić information content (AvgIpc) is 3.54. The van der Waals surface area contributed by atoms with E-state index in [4.69, 9.17) is 4.98 Å². The molecule has 0 spiro atoms.